The summed E-state index contributed by atoms with van der Waals surface area (Å²) in [4.78, 5) is 13.6. The van der Waals surface area contributed by atoms with Crippen molar-refractivity contribution in [2.45, 2.75) is 18.7 Å². The number of carbonyl (C=O) groups is 1. The molecule has 0 amide bonds. The fraction of sp³-hybridized carbons (Fsp3) is 0.103. The van der Waals surface area contributed by atoms with Crippen LogP contribution in [0.4, 0.5) is 0 Å². The molecule has 0 N–H and O–H groups in total. The molecule has 0 aliphatic carbocycles. The minimum absolute atomic E-state index is 0.0253. The van der Waals surface area contributed by atoms with Gasteiger partial charge in [-0.1, -0.05) is 103 Å². The summed E-state index contributed by atoms with van der Waals surface area (Å²) >= 11 is 0. The maximum absolute atomic E-state index is 13.6. The summed E-state index contributed by atoms with van der Waals surface area (Å²) in [6.07, 6.45) is -0.0603. The standard InChI is InChI=1S/C29H22N2O2/c32-28(23-17-15-21(16-18-23)20-9-3-1-4-10-20)29-31-26(24-13-7-8-14-27(24)33-29)19-25(30-31)22-11-5-2-6-12-22/h1-18,26,29H,19H2/t26-,29+/m0/s1. The Hall–Kier alpha value is -4.18. The SMILES string of the molecule is O=C(c1ccc(-c2ccccc2)cc1)[C@H]1Oc2ccccc2[C@@H]2CC(c3ccccc3)=NN12. The summed E-state index contributed by atoms with van der Waals surface area (Å²) in [5.74, 6) is 0.662. The summed E-state index contributed by atoms with van der Waals surface area (Å²) < 4.78 is 6.23. The normalized spacial score (nSPS) is 18.7. The van der Waals surface area contributed by atoms with E-state index in [1.165, 1.54) is 0 Å². The topological polar surface area (TPSA) is 41.9 Å². The first-order valence-corrected chi connectivity index (χ1v) is 11.1. The third kappa shape index (κ3) is 3.50. The van der Waals surface area contributed by atoms with Crippen LogP contribution in [0.3, 0.4) is 0 Å². The lowest BCUT2D eigenvalue weighted by molar-refractivity contribution is -0.00455. The summed E-state index contributed by atoms with van der Waals surface area (Å²) in [6, 6.07) is 35.9. The van der Waals surface area contributed by atoms with Crippen molar-refractivity contribution < 1.29 is 9.53 Å². The summed E-state index contributed by atoms with van der Waals surface area (Å²) in [5.41, 5.74) is 5.92. The van der Waals surface area contributed by atoms with E-state index in [4.69, 9.17) is 9.84 Å². The third-order valence-corrected chi connectivity index (χ3v) is 6.31. The van der Waals surface area contributed by atoms with E-state index in [1.54, 1.807) is 0 Å². The maximum atomic E-state index is 13.6. The number of para-hydroxylation sites is 1. The number of hydrazone groups is 1. The van der Waals surface area contributed by atoms with Crippen LogP contribution < -0.4 is 4.74 Å². The first-order valence-electron chi connectivity index (χ1n) is 11.1. The zero-order valence-electron chi connectivity index (χ0n) is 18.0. The Bertz CT molecular complexity index is 1330. The number of fused-ring (bicyclic) bond motifs is 3. The Labute approximate surface area is 192 Å². The van der Waals surface area contributed by atoms with Crippen LogP contribution in [-0.2, 0) is 0 Å². The van der Waals surface area contributed by atoms with Crippen molar-refractivity contribution in [3.05, 3.63) is 126 Å². The molecule has 6 rings (SSSR count). The molecular formula is C29H22N2O2. The fourth-order valence-corrected chi connectivity index (χ4v) is 4.61. The molecule has 2 atom stereocenters. The van der Waals surface area contributed by atoms with Crippen molar-refractivity contribution in [1.29, 1.82) is 0 Å². The number of nitrogens with zero attached hydrogens (tertiary/aromatic N) is 2. The maximum Gasteiger partial charge on any atom is 0.251 e. The highest BCUT2D eigenvalue weighted by molar-refractivity contribution is 6.03. The summed E-state index contributed by atoms with van der Waals surface area (Å²) in [5, 5.41) is 6.72. The average Bonchev–Trinajstić information content (AvgIpc) is 3.35. The van der Waals surface area contributed by atoms with Gasteiger partial charge in [-0.25, -0.2) is 5.01 Å². The van der Waals surface area contributed by atoms with E-state index in [1.807, 2.05) is 83.9 Å². The molecule has 0 radical (unpaired) electrons. The number of Topliss-reactive ketones (excluding diaryl/α,β-unsaturated/α-hetero) is 1. The lowest BCUT2D eigenvalue weighted by Gasteiger charge is -2.37. The Balaban J connectivity index is 1.35. The van der Waals surface area contributed by atoms with E-state index in [-0.39, 0.29) is 11.8 Å². The molecule has 2 aliphatic rings. The third-order valence-electron chi connectivity index (χ3n) is 6.31. The number of ketones is 1. The van der Waals surface area contributed by atoms with Crippen LogP contribution in [0.2, 0.25) is 0 Å². The van der Waals surface area contributed by atoms with Crippen molar-refractivity contribution in [2.75, 3.05) is 0 Å². The second-order valence-electron chi connectivity index (χ2n) is 8.33. The molecule has 0 unspecified atom stereocenters. The number of hydrogen-bond acceptors (Lipinski definition) is 4. The van der Waals surface area contributed by atoms with Crippen molar-refractivity contribution in [3.63, 3.8) is 0 Å². The van der Waals surface area contributed by atoms with Crippen LogP contribution in [0, 0.1) is 0 Å². The molecule has 33 heavy (non-hydrogen) atoms. The molecular weight excluding hydrogens is 408 g/mol. The van der Waals surface area contributed by atoms with Crippen LogP contribution >= 0.6 is 0 Å². The lowest BCUT2D eigenvalue weighted by atomic mass is 9.95. The molecule has 0 spiro atoms. The predicted molar refractivity (Wildman–Crippen MR) is 129 cm³/mol. The molecule has 0 saturated heterocycles. The Morgan fingerprint density at radius 1 is 0.727 bits per heavy atom. The molecule has 0 saturated carbocycles. The van der Waals surface area contributed by atoms with Gasteiger partial charge in [-0.15, -0.1) is 0 Å². The van der Waals surface area contributed by atoms with E-state index >= 15 is 0 Å². The molecule has 0 fully saturated rings. The minimum Gasteiger partial charge on any atom is -0.461 e. The number of rotatable bonds is 4. The Morgan fingerprint density at radius 3 is 2.06 bits per heavy atom. The van der Waals surface area contributed by atoms with Crippen molar-refractivity contribution in [3.8, 4) is 16.9 Å². The predicted octanol–water partition coefficient (Wildman–Crippen LogP) is 6.11. The second-order valence-corrected chi connectivity index (χ2v) is 8.33. The van der Waals surface area contributed by atoms with E-state index in [0.29, 0.717) is 5.56 Å². The van der Waals surface area contributed by atoms with Gasteiger partial charge in [-0.05, 0) is 22.8 Å². The zero-order valence-corrected chi connectivity index (χ0v) is 18.0. The zero-order chi connectivity index (χ0) is 22.2. The van der Waals surface area contributed by atoms with Gasteiger partial charge >= 0.3 is 0 Å². The summed E-state index contributed by atoms with van der Waals surface area (Å²) in [6.45, 7) is 0. The van der Waals surface area contributed by atoms with Gasteiger partial charge < -0.3 is 4.74 Å². The van der Waals surface area contributed by atoms with Gasteiger partial charge in [0.1, 0.15) is 5.75 Å². The van der Waals surface area contributed by atoms with Crippen LogP contribution in [0.5, 0.6) is 5.75 Å². The van der Waals surface area contributed by atoms with Crippen molar-refractivity contribution in [2.24, 2.45) is 5.10 Å². The molecule has 4 aromatic carbocycles. The first kappa shape index (κ1) is 19.5. The molecule has 2 aliphatic heterocycles. The number of hydrogen-bond donors (Lipinski definition) is 0. The van der Waals surface area contributed by atoms with Crippen LogP contribution in [0.15, 0.2) is 114 Å². The van der Waals surface area contributed by atoms with Crippen LogP contribution in [0.1, 0.15) is 33.9 Å². The molecule has 160 valence electrons. The monoisotopic (exact) mass is 430 g/mol. The van der Waals surface area contributed by atoms with Gasteiger partial charge in [0.05, 0.1) is 11.8 Å². The second kappa shape index (κ2) is 8.06. The molecule has 4 heteroatoms. The molecule has 0 bridgehead atoms. The molecule has 4 nitrogen and oxygen atoms in total. The number of benzene rings is 4. The molecule has 0 aromatic heterocycles. The van der Waals surface area contributed by atoms with Crippen molar-refractivity contribution in [1.82, 2.24) is 5.01 Å². The largest absolute Gasteiger partial charge is 0.461 e. The van der Waals surface area contributed by atoms with Crippen molar-refractivity contribution >= 4 is 11.5 Å². The molecule has 2 heterocycles. The smallest absolute Gasteiger partial charge is 0.251 e. The highest BCUT2D eigenvalue weighted by Crippen LogP contribution is 2.43. The van der Waals surface area contributed by atoms with Gasteiger partial charge in [0, 0.05) is 17.5 Å². The van der Waals surface area contributed by atoms with Gasteiger partial charge in [0.15, 0.2) is 0 Å². The summed E-state index contributed by atoms with van der Waals surface area (Å²) in [7, 11) is 0. The van der Waals surface area contributed by atoms with Crippen LogP contribution in [0.25, 0.3) is 11.1 Å². The van der Waals surface area contributed by atoms with Gasteiger partial charge in [0.2, 0.25) is 5.78 Å². The van der Waals surface area contributed by atoms with E-state index < -0.39 is 6.23 Å². The van der Waals surface area contributed by atoms with Gasteiger partial charge in [0.25, 0.3) is 6.23 Å². The molecule has 4 aromatic rings. The number of ether oxygens (including phenoxy) is 1. The quantitative estimate of drug-likeness (QED) is 0.367. The van der Waals surface area contributed by atoms with Crippen LogP contribution in [-0.4, -0.2) is 22.7 Å². The average molecular weight is 431 g/mol. The number of carbonyl (C=O) groups excluding carboxylic acids is 1. The van der Waals surface area contributed by atoms with Gasteiger partial charge in [-0.3, -0.25) is 4.79 Å². The first-order chi connectivity index (χ1) is 16.3. The fourth-order valence-electron chi connectivity index (χ4n) is 4.61. The highest BCUT2D eigenvalue weighted by Gasteiger charge is 2.43. The van der Waals surface area contributed by atoms with E-state index in [9.17, 15) is 4.79 Å². The Morgan fingerprint density at radius 2 is 1.33 bits per heavy atom. The Kier molecular flexibility index (Phi) is 4.76. The van der Waals surface area contributed by atoms with Gasteiger partial charge in [-0.2, -0.15) is 5.10 Å². The highest BCUT2D eigenvalue weighted by atomic mass is 16.5. The van der Waals surface area contributed by atoms with E-state index in [0.717, 1.165) is 40.1 Å². The minimum atomic E-state index is -0.798. The van der Waals surface area contributed by atoms with E-state index in [2.05, 4.69) is 30.3 Å². The lowest BCUT2D eigenvalue weighted by Crippen LogP contribution is -2.45.